The number of rotatable bonds is 5. The van der Waals surface area contributed by atoms with Crippen molar-refractivity contribution in [3.63, 3.8) is 0 Å². The van der Waals surface area contributed by atoms with Crippen LogP contribution in [0.4, 0.5) is 4.39 Å². The summed E-state index contributed by atoms with van der Waals surface area (Å²) < 4.78 is 18.2. The lowest BCUT2D eigenvalue weighted by atomic mass is 10.1. The van der Waals surface area contributed by atoms with Gasteiger partial charge in [0.1, 0.15) is 11.4 Å². The third-order valence-electron chi connectivity index (χ3n) is 2.89. The van der Waals surface area contributed by atoms with Crippen LogP contribution in [0.5, 0.6) is 0 Å². The van der Waals surface area contributed by atoms with E-state index in [4.69, 9.17) is 16.3 Å². The van der Waals surface area contributed by atoms with E-state index >= 15 is 0 Å². The molecule has 1 aromatic carbocycles. The number of benzene rings is 1. The van der Waals surface area contributed by atoms with Gasteiger partial charge in [-0.3, -0.25) is 4.79 Å². The zero-order valence-electron chi connectivity index (χ0n) is 11.6. The van der Waals surface area contributed by atoms with Gasteiger partial charge in [0, 0.05) is 6.04 Å². The standard InChI is InChI=1S/C14H17ClFNO3/c1-8(2)9(3)17-12(18)7-20-14(19)13-10(15)5-4-6-11(13)16/h4-6,8-9H,7H2,1-3H3,(H,17,18)/t9-/m0/s1. The molecule has 4 nitrogen and oxygen atoms in total. The number of carbonyl (C=O) groups is 2. The summed E-state index contributed by atoms with van der Waals surface area (Å²) in [5, 5.41) is 2.62. The quantitative estimate of drug-likeness (QED) is 0.851. The molecule has 0 heterocycles. The minimum absolute atomic E-state index is 0.0433. The highest BCUT2D eigenvalue weighted by Gasteiger charge is 2.19. The molecule has 0 radical (unpaired) electrons. The predicted octanol–water partition coefficient (Wildman–Crippen LogP) is 2.80. The fourth-order valence-electron chi connectivity index (χ4n) is 1.36. The fourth-order valence-corrected chi connectivity index (χ4v) is 1.60. The average molecular weight is 302 g/mol. The van der Waals surface area contributed by atoms with Gasteiger partial charge >= 0.3 is 5.97 Å². The largest absolute Gasteiger partial charge is 0.452 e. The van der Waals surface area contributed by atoms with Crippen molar-refractivity contribution in [2.24, 2.45) is 5.92 Å². The van der Waals surface area contributed by atoms with Gasteiger partial charge < -0.3 is 10.1 Å². The van der Waals surface area contributed by atoms with Crippen LogP contribution in [0.3, 0.4) is 0 Å². The maximum Gasteiger partial charge on any atom is 0.343 e. The summed E-state index contributed by atoms with van der Waals surface area (Å²) in [6.07, 6.45) is 0. The second-order valence-electron chi connectivity index (χ2n) is 4.77. The highest BCUT2D eigenvalue weighted by atomic mass is 35.5. The zero-order valence-corrected chi connectivity index (χ0v) is 12.3. The molecule has 1 amide bonds. The maximum atomic E-state index is 13.5. The van der Waals surface area contributed by atoms with E-state index in [0.717, 1.165) is 6.07 Å². The Hall–Kier alpha value is -1.62. The normalized spacial score (nSPS) is 12.1. The molecule has 110 valence electrons. The van der Waals surface area contributed by atoms with Gasteiger partial charge in [0.05, 0.1) is 5.02 Å². The summed E-state index contributed by atoms with van der Waals surface area (Å²) in [5.74, 6) is -1.92. The van der Waals surface area contributed by atoms with Crippen LogP contribution in [0, 0.1) is 11.7 Å². The first-order valence-electron chi connectivity index (χ1n) is 6.23. The summed E-state index contributed by atoms with van der Waals surface area (Å²) in [6.45, 7) is 5.28. The third-order valence-corrected chi connectivity index (χ3v) is 3.20. The second kappa shape index (κ2) is 7.24. The molecule has 0 fully saturated rings. The van der Waals surface area contributed by atoms with Crippen molar-refractivity contribution in [2.45, 2.75) is 26.8 Å². The van der Waals surface area contributed by atoms with E-state index in [1.54, 1.807) is 0 Å². The van der Waals surface area contributed by atoms with Crippen LogP contribution in [0.1, 0.15) is 31.1 Å². The SMILES string of the molecule is CC(C)[C@H](C)NC(=O)COC(=O)c1c(F)cccc1Cl. The number of hydrogen-bond donors (Lipinski definition) is 1. The highest BCUT2D eigenvalue weighted by Crippen LogP contribution is 2.19. The van der Waals surface area contributed by atoms with Crippen molar-refractivity contribution in [1.29, 1.82) is 0 Å². The van der Waals surface area contributed by atoms with E-state index in [1.807, 2.05) is 20.8 Å². The summed E-state index contributed by atoms with van der Waals surface area (Å²) >= 11 is 5.72. The first-order valence-corrected chi connectivity index (χ1v) is 6.61. The Morgan fingerprint density at radius 2 is 2.00 bits per heavy atom. The molecule has 1 aromatic rings. The van der Waals surface area contributed by atoms with Gasteiger partial charge in [-0.25, -0.2) is 9.18 Å². The van der Waals surface area contributed by atoms with Gasteiger partial charge in [-0.15, -0.1) is 0 Å². The predicted molar refractivity (Wildman–Crippen MR) is 74.1 cm³/mol. The molecule has 20 heavy (non-hydrogen) atoms. The van der Waals surface area contributed by atoms with Gasteiger partial charge in [0.25, 0.3) is 5.91 Å². The summed E-state index contributed by atoms with van der Waals surface area (Å²) in [7, 11) is 0. The monoisotopic (exact) mass is 301 g/mol. The average Bonchev–Trinajstić information content (AvgIpc) is 2.36. The lowest BCUT2D eigenvalue weighted by molar-refractivity contribution is -0.125. The molecule has 0 saturated heterocycles. The number of ether oxygens (including phenoxy) is 1. The van der Waals surface area contributed by atoms with Crippen LogP contribution in [-0.4, -0.2) is 24.5 Å². The van der Waals surface area contributed by atoms with Crippen LogP contribution in [0.15, 0.2) is 18.2 Å². The van der Waals surface area contributed by atoms with Gasteiger partial charge in [0.2, 0.25) is 0 Å². The third kappa shape index (κ3) is 4.49. The number of halogens is 2. The van der Waals surface area contributed by atoms with E-state index in [1.165, 1.54) is 12.1 Å². The maximum absolute atomic E-state index is 13.5. The van der Waals surface area contributed by atoms with Crippen molar-refractivity contribution in [3.05, 3.63) is 34.6 Å². The molecule has 1 atom stereocenters. The Bertz CT molecular complexity index is 485. The Morgan fingerprint density at radius 1 is 1.35 bits per heavy atom. The minimum atomic E-state index is -0.958. The Kier molecular flexibility index (Phi) is 5.95. The molecule has 0 saturated carbocycles. The summed E-state index contributed by atoms with van der Waals surface area (Å²) in [4.78, 5) is 23.2. The van der Waals surface area contributed by atoms with Gasteiger partial charge in [-0.2, -0.15) is 0 Å². The summed E-state index contributed by atoms with van der Waals surface area (Å²) in [6, 6.07) is 3.81. The molecule has 0 aliphatic heterocycles. The lowest BCUT2D eigenvalue weighted by Crippen LogP contribution is -2.38. The molecular weight excluding hydrogens is 285 g/mol. The van der Waals surface area contributed by atoms with Crippen LogP contribution < -0.4 is 5.32 Å². The van der Waals surface area contributed by atoms with Crippen molar-refractivity contribution in [3.8, 4) is 0 Å². The highest BCUT2D eigenvalue weighted by molar-refractivity contribution is 6.33. The van der Waals surface area contributed by atoms with Gasteiger partial charge in [-0.1, -0.05) is 31.5 Å². The fraction of sp³-hybridized carbons (Fsp3) is 0.429. The molecule has 0 aromatic heterocycles. The van der Waals surface area contributed by atoms with E-state index < -0.39 is 24.3 Å². The molecule has 0 unspecified atom stereocenters. The van der Waals surface area contributed by atoms with Crippen LogP contribution in [0.25, 0.3) is 0 Å². The van der Waals surface area contributed by atoms with E-state index in [-0.39, 0.29) is 22.5 Å². The second-order valence-corrected chi connectivity index (χ2v) is 5.18. The van der Waals surface area contributed by atoms with Gasteiger partial charge in [-0.05, 0) is 25.0 Å². The van der Waals surface area contributed by atoms with E-state index in [9.17, 15) is 14.0 Å². The molecule has 0 aliphatic rings. The van der Waals surface area contributed by atoms with E-state index in [0.29, 0.717) is 0 Å². The molecule has 0 bridgehead atoms. The summed E-state index contributed by atoms with van der Waals surface area (Å²) in [5.41, 5.74) is -0.362. The van der Waals surface area contributed by atoms with E-state index in [2.05, 4.69) is 5.32 Å². The number of carbonyl (C=O) groups excluding carboxylic acids is 2. The van der Waals surface area contributed by atoms with Crippen molar-refractivity contribution < 1.29 is 18.7 Å². The van der Waals surface area contributed by atoms with Crippen molar-refractivity contribution >= 4 is 23.5 Å². The number of nitrogens with one attached hydrogen (secondary N) is 1. The molecule has 0 aliphatic carbocycles. The first kappa shape index (κ1) is 16.4. The van der Waals surface area contributed by atoms with Crippen LogP contribution >= 0.6 is 11.6 Å². The molecule has 0 spiro atoms. The first-order chi connectivity index (χ1) is 9.32. The van der Waals surface area contributed by atoms with Crippen molar-refractivity contribution in [1.82, 2.24) is 5.32 Å². The topological polar surface area (TPSA) is 55.4 Å². The van der Waals surface area contributed by atoms with Crippen LogP contribution in [0.2, 0.25) is 5.02 Å². The van der Waals surface area contributed by atoms with Crippen molar-refractivity contribution in [2.75, 3.05) is 6.61 Å². The Labute approximate surface area is 122 Å². The smallest absolute Gasteiger partial charge is 0.343 e. The van der Waals surface area contributed by atoms with Gasteiger partial charge in [0.15, 0.2) is 6.61 Å². The Morgan fingerprint density at radius 3 is 2.55 bits per heavy atom. The number of esters is 1. The Balaban J connectivity index is 2.58. The molecule has 6 heteroatoms. The lowest BCUT2D eigenvalue weighted by Gasteiger charge is -2.17. The van der Waals surface area contributed by atoms with Crippen LogP contribution in [-0.2, 0) is 9.53 Å². The molecule has 1 N–H and O–H groups in total. The zero-order chi connectivity index (χ0) is 15.3. The minimum Gasteiger partial charge on any atom is -0.452 e. The molecule has 1 rings (SSSR count). The molecular formula is C14H17ClFNO3. The number of hydrogen-bond acceptors (Lipinski definition) is 3. The number of amides is 1.